The Balaban J connectivity index is 1.25. The van der Waals surface area contributed by atoms with Crippen molar-refractivity contribution in [3.63, 3.8) is 0 Å². The van der Waals surface area contributed by atoms with Crippen LogP contribution in [0.1, 0.15) is 24.3 Å². The van der Waals surface area contributed by atoms with Crippen molar-refractivity contribution in [2.24, 2.45) is 5.41 Å². The number of tetrazole rings is 1. The molecule has 8 nitrogen and oxygen atoms in total. The number of piperidine rings is 1. The summed E-state index contributed by atoms with van der Waals surface area (Å²) in [4.78, 5) is 13.7. The lowest BCUT2D eigenvalue weighted by molar-refractivity contribution is 0.238. The fourth-order valence-corrected chi connectivity index (χ4v) is 4.87. The first-order valence-corrected chi connectivity index (χ1v) is 9.49. The van der Waals surface area contributed by atoms with E-state index in [1.165, 1.54) is 24.3 Å². The molecule has 2 fully saturated rings. The van der Waals surface area contributed by atoms with Gasteiger partial charge in [0.05, 0.1) is 12.7 Å². The Labute approximate surface area is 149 Å². The van der Waals surface area contributed by atoms with Gasteiger partial charge in [-0.3, -0.25) is 4.90 Å². The largest absolute Gasteiger partial charge is 0.353 e. The van der Waals surface area contributed by atoms with E-state index in [4.69, 9.17) is 0 Å². The molecule has 1 saturated heterocycles. The number of fused-ring (bicyclic) bond motifs is 1. The molecule has 9 heteroatoms. The Hall–Kier alpha value is -2.13. The maximum atomic E-state index is 4.52. The number of anilines is 1. The van der Waals surface area contributed by atoms with Gasteiger partial charge in [-0.25, -0.2) is 9.97 Å². The van der Waals surface area contributed by atoms with Crippen molar-refractivity contribution in [3.05, 3.63) is 29.0 Å². The van der Waals surface area contributed by atoms with Gasteiger partial charge < -0.3 is 4.90 Å². The summed E-state index contributed by atoms with van der Waals surface area (Å²) >= 11 is 1.74. The second kappa shape index (κ2) is 5.70. The van der Waals surface area contributed by atoms with Gasteiger partial charge in [0.2, 0.25) is 5.65 Å². The number of thiazole rings is 1. The monoisotopic (exact) mass is 356 g/mol. The Bertz CT molecular complexity index is 867. The number of aromatic nitrogens is 6. The molecule has 1 atom stereocenters. The normalized spacial score (nSPS) is 22.2. The first kappa shape index (κ1) is 15.2. The predicted molar refractivity (Wildman–Crippen MR) is 94.4 cm³/mol. The number of nitrogens with zero attached hydrogens (tertiary/aromatic N) is 8. The van der Waals surface area contributed by atoms with Gasteiger partial charge in [-0.1, -0.05) is 0 Å². The molecule has 1 aliphatic heterocycles. The number of rotatable bonds is 4. The minimum absolute atomic E-state index is 0.472. The third-order valence-electron chi connectivity index (χ3n) is 5.70. The highest BCUT2D eigenvalue weighted by atomic mass is 32.1. The number of hydrogen-bond donors (Lipinski definition) is 0. The van der Waals surface area contributed by atoms with Crippen LogP contribution in [0, 0.1) is 5.41 Å². The Kier molecular flexibility index (Phi) is 3.46. The van der Waals surface area contributed by atoms with Crippen molar-refractivity contribution in [2.75, 3.05) is 25.0 Å². The third-order valence-corrected chi connectivity index (χ3v) is 6.47. The van der Waals surface area contributed by atoms with Crippen LogP contribution in [0.3, 0.4) is 0 Å². The van der Waals surface area contributed by atoms with Crippen molar-refractivity contribution in [1.29, 1.82) is 0 Å². The molecule has 4 heterocycles. The van der Waals surface area contributed by atoms with E-state index in [2.05, 4.69) is 47.7 Å². The molecule has 0 radical (unpaired) electrons. The molecule has 0 bridgehead atoms. The first-order valence-electron chi connectivity index (χ1n) is 8.61. The maximum Gasteiger partial charge on any atom is 0.221 e. The zero-order valence-electron chi connectivity index (χ0n) is 14.1. The lowest BCUT2D eigenvalue weighted by Crippen LogP contribution is -2.38. The zero-order valence-corrected chi connectivity index (χ0v) is 14.9. The molecule has 25 heavy (non-hydrogen) atoms. The molecule has 5 rings (SSSR count). The third kappa shape index (κ3) is 2.58. The lowest BCUT2D eigenvalue weighted by Gasteiger charge is -2.34. The Morgan fingerprint density at radius 3 is 2.96 bits per heavy atom. The van der Waals surface area contributed by atoms with Gasteiger partial charge >= 0.3 is 0 Å². The lowest BCUT2D eigenvalue weighted by atomic mass is 9.92. The van der Waals surface area contributed by atoms with Crippen molar-refractivity contribution >= 4 is 22.8 Å². The van der Waals surface area contributed by atoms with E-state index in [1.807, 2.05) is 6.20 Å². The molecule has 1 spiro atoms. The average Bonchev–Trinajstić information content (AvgIpc) is 3.00. The van der Waals surface area contributed by atoms with E-state index < -0.39 is 0 Å². The second-order valence-corrected chi connectivity index (χ2v) is 8.09. The summed E-state index contributed by atoms with van der Waals surface area (Å²) in [5.74, 6) is 0.899. The van der Waals surface area contributed by atoms with Crippen LogP contribution in [0.15, 0.2) is 24.0 Å². The molecular formula is C16H20N8S. The standard InChI is InChI=1S/C16H20N8S/c1-22(11-13-17-5-9-25-13)12-10-16(12)2-6-23(7-3-16)14-15-19-20-21-24(15)8-4-18-14/h4-5,8-9,12H,2-3,6-7,10-11H2,1H3. The summed E-state index contributed by atoms with van der Waals surface area (Å²) < 4.78 is 1.69. The minimum atomic E-state index is 0.472. The molecule has 3 aromatic rings. The van der Waals surface area contributed by atoms with Crippen LogP contribution < -0.4 is 4.90 Å². The highest BCUT2D eigenvalue weighted by molar-refractivity contribution is 7.09. The molecule has 2 aliphatic rings. The van der Waals surface area contributed by atoms with Crippen LogP contribution in [-0.2, 0) is 6.54 Å². The Morgan fingerprint density at radius 1 is 1.28 bits per heavy atom. The van der Waals surface area contributed by atoms with Crippen LogP contribution in [0.25, 0.3) is 5.65 Å². The molecule has 0 N–H and O–H groups in total. The first-order chi connectivity index (χ1) is 12.3. The van der Waals surface area contributed by atoms with E-state index in [0.717, 1.165) is 31.1 Å². The van der Waals surface area contributed by atoms with Crippen LogP contribution in [0.4, 0.5) is 5.82 Å². The highest BCUT2D eigenvalue weighted by Crippen LogP contribution is 2.56. The summed E-state index contributed by atoms with van der Waals surface area (Å²) in [7, 11) is 2.23. The summed E-state index contributed by atoms with van der Waals surface area (Å²) in [6.45, 7) is 2.99. The molecule has 1 aliphatic carbocycles. The molecule has 0 aromatic carbocycles. The van der Waals surface area contributed by atoms with Gasteiger partial charge in [0, 0.05) is 36.9 Å². The van der Waals surface area contributed by atoms with Gasteiger partial charge in [0.1, 0.15) is 5.01 Å². The fourth-order valence-electron chi connectivity index (χ4n) is 4.19. The van der Waals surface area contributed by atoms with Crippen LogP contribution in [-0.4, -0.2) is 61.1 Å². The SMILES string of the molecule is CN(Cc1nccs1)C1CC12CCN(c1nccn3nnnc13)CC2. The van der Waals surface area contributed by atoms with Gasteiger partial charge in [0.15, 0.2) is 5.82 Å². The van der Waals surface area contributed by atoms with Gasteiger partial charge in [-0.05, 0) is 42.2 Å². The topological polar surface area (TPSA) is 75.3 Å². The zero-order chi connectivity index (χ0) is 16.9. The minimum Gasteiger partial charge on any atom is -0.353 e. The molecule has 0 amide bonds. The van der Waals surface area contributed by atoms with E-state index in [9.17, 15) is 0 Å². The molecule has 130 valence electrons. The van der Waals surface area contributed by atoms with Crippen molar-refractivity contribution in [2.45, 2.75) is 31.8 Å². The van der Waals surface area contributed by atoms with Crippen LogP contribution >= 0.6 is 11.3 Å². The van der Waals surface area contributed by atoms with Gasteiger partial charge in [0.25, 0.3) is 0 Å². The smallest absolute Gasteiger partial charge is 0.221 e. The van der Waals surface area contributed by atoms with E-state index >= 15 is 0 Å². The quantitative estimate of drug-likeness (QED) is 0.700. The summed E-state index contributed by atoms with van der Waals surface area (Å²) in [5.41, 5.74) is 1.21. The molecule has 1 saturated carbocycles. The maximum absolute atomic E-state index is 4.52. The van der Waals surface area contributed by atoms with Gasteiger partial charge in [-0.2, -0.15) is 4.52 Å². The highest BCUT2D eigenvalue weighted by Gasteiger charge is 2.56. The summed E-state index contributed by atoms with van der Waals surface area (Å²) in [6, 6.07) is 0.678. The Morgan fingerprint density at radius 2 is 2.16 bits per heavy atom. The molecule has 3 aromatic heterocycles. The van der Waals surface area contributed by atoms with Crippen LogP contribution in [0.5, 0.6) is 0 Å². The van der Waals surface area contributed by atoms with Gasteiger partial charge in [-0.15, -0.1) is 16.4 Å². The number of hydrogen-bond acceptors (Lipinski definition) is 8. The van der Waals surface area contributed by atoms with E-state index in [-0.39, 0.29) is 0 Å². The van der Waals surface area contributed by atoms with E-state index in [1.54, 1.807) is 28.2 Å². The average molecular weight is 356 g/mol. The molecule has 1 unspecified atom stereocenters. The predicted octanol–water partition coefficient (Wildman–Crippen LogP) is 1.47. The molecular weight excluding hydrogens is 336 g/mol. The summed E-state index contributed by atoms with van der Waals surface area (Å²) in [6.07, 6.45) is 9.14. The van der Waals surface area contributed by atoms with Crippen molar-refractivity contribution < 1.29 is 0 Å². The van der Waals surface area contributed by atoms with Crippen LogP contribution in [0.2, 0.25) is 0 Å². The second-order valence-electron chi connectivity index (χ2n) is 7.11. The fraction of sp³-hybridized carbons (Fsp3) is 0.562. The summed E-state index contributed by atoms with van der Waals surface area (Å²) in [5, 5.41) is 15.1. The van der Waals surface area contributed by atoms with E-state index in [0.29, 0.717) is 11.5 Å². The van der Waals surface area contributed by atoms with Crippen molar-refractivity contribution in [1.82, 2.24) is 34.9 Å². The van der Waals surface area contributed by atoms with Crippen molar-refractivity contribution in [3.8, 4) is 0 Å².